The quantitative estimate of drug-likeness (QED) is 0.658. The van der Waals surface area contributed by atoms with Gasteiger partial charge in [-0.05, 0) is 42.5 Å². The lowest BCUT2D eigenvalue weighted by molar-refractivity contribution is 0.315. The van der Waals surface area contributed by atoms with Gasteiger partial charge in [0.2, 0.25) is 0 Å². The number of nitrogens with one attached hydrogen (secondary N) is 1. The van der Waals surface area contributed by atoms with Crippen LogP contribution >= 0.6 is 0 Å². The summed E-state index contributed by atoms with van der Waals surface area (Å²) in [5, 5.41) is 3.22. The van der Waals surface area contributed by atoms with Crippen LogP contribution in [0.5, 0.6) is 0 Å². The molecule has 22 heavy (non-hydrogen) atoms. The summed E-state index contributed by atoms with van der Waals surface area (Å²) in [5.41, 5.74) is 9.14. The van der Waals surface area contributed by atoms with Crippen LogP contribution in [-0.4, -0.2) is 17.5 Å². The molecule has 0 aliphatic heterocycles. The van der Waals surface area contributed by atoms with Gasteiger partial charge in [-0.15, -0.1) is 0 Å². The second-order valence-electron chi connectivity index (χ2n) is 5.79. The number of aromatic nitrogens is 1. The van der Waals surface area contributed by atoms with Crippen molar-refractivity contribution in [2.24, 2.45) is 16.6 Å². The summed E-state index contributed by atoms with van der Waals surface area (Å²) >= 11 is 0. The standard InChI is InChI=1S/C18H22N4/c19-18(21-12-14-5-3-6-14)22-13-15-7-4-8-16(11-15)17-9-1-2-10-20-17/h1-2,4,7-11,14H,3,5-6,12-13H2,(H3,19,21,22). The maximum absolute atomic E-state index is 5.92. The van der Waals surface area contributed by atoms with Gasteiger partial charge in [0, 0.05) is 18.3 Å². The fraction of sp³-hybridized carbons (Fsp3) is 0.333. The monoisotopic (exact) mass is 294 g/mol. The molecular formula is C18H22N4. The van der Waals surface area contributed by atoms with Gasteiger partial charge in [0.1, 0.15) is 0 Å². The molecule has 0 amide bonds. The fourth-order valence-electron chi connectivity index (χ4n) is 2.54. The average Bonchev–Trinajstić information content (AvgIpc) is 2.53. The second-order valence-corrected chi connectivity index (χ2v) is 5.79. The predicted molar refractivity (Wildman–Crippen MR) is 90.3 cm³/mol. The van der Waals surface area contributed by atoms with Crippen molar-refractivity contribution in [2.45, 2.75) is 25.8 Å². The zero-order valence-electron chi connectivity index (χ0n) is 12.7. The Hall–Kier alpha value is -2.36. The molecule has 4 nitrogen and oxygen atoms in total. The first-order valence-electron chi connectivity index (χ1n) is 7.85. The van der Waals surface area contributed by atoms with E-state index in [9.17, 15) is 0 Å². The molecule has 1 aliphatic rings. The van der Waals surface area contributed by atoms with Crippen molar-refractivity contribution in [3.63, 3.8) is 0 Å². The molecule has 114 valence electrons. The van der Waals surface area contributed by atoms with Crippen LogP contribution in [-0.2, 0) is 6.54 Å². The van der Waals surface area contributed by atoms with Crippen molar-refractivity contribution in [3.05, 3.63) is 54.2 Å². The molecule has 0 bridgehead atoms. The summed E-state index contributed by atoms with van der Waals surface area (Å²) in [6.07, 6.45) is 5.78. The van der Waals surface area contributed by atoms with Gasteiger partial charge in [-0.2, -0.15) is 0 Å². The summed E-state index contributed by atoms with van der Waals surface area (Å²) in [6.45, 7) is 1.54. The fourth-order valence-corrected chi connectivity index (χ4v) is 2.54. The highest BCUT2D eigenvalue weighted by molar-refractivity contribution is 5.77. The van der Waals surface area contributed by atoms with E-state index in [0.717, 1.165) is 29.3 Å². The largest absolute Gasteiger partial charge is 0.370 e. The van der Waals surface area contributed by atoms with Gasteiger partial charge in [0.25, 0.3) is 0 Å². The van der Waals surface area contributed by atoms with E-state index in [2.05, 4.69) is 33.5 Å². The third kappa shape index (κ3) is 3.85. The van der Waals surface area contributed by atoms with Gasteiger partial charge in [0.15, 0.2) is 5.96 Å². The van der Waals surface area contributed by atoms with Crippen LogP contribution in [0.4, 0.5) is 0 Å². The number of guanidine groups is 1. The Morgan fingerprint density at radius 2 is 2.14 bits per heavy atom. The molecule has 1 fully saturated rings. The Kier molecular flexibility index (Phi) is 4.68. The first-order valence-corrected chi connectivity index (χ1v) is 7.85. The minimum atomic E-state index is 0.537. The van der Waals surface area contributed by atoms with E-state index in [1.54, 1.807) is 0 Å². The van der Waals surface area contributed by atoms with E-state index in [4.69, 9.17) is 5.73 Å². The third-order valence-corrected chi connectivity index (χ3v) is 4.12. The second kappa shape index (κ2) is 7.07. The van der Waals surface area contributed by atoms with Gasteiger partial charge in [-0.3, -0.25) is 4.98 Å². The molecule has 3 N–H and O–H groups in total. The lowest BCUT2D eigenvalue weighted by atomic mass is 9.85. The molecule has 0 atom stereocenters. The molecule has 3 rings (SSSR count). The van der Waals surface area contributed by atoms with Crippen LogP contribution in [0.2, 0.25) is 0 Å². The summed E-state index contributed by atoms with van der Waals surface area (Å²) in [4.78, 5) is 8.80. The summed E-state index contributed by atoms with van der Waals surface area (Å²) in [7, 11) is 0. The Labute approximate surface area is 131 Å². The van der Waals surface area contributed by atoms with Crippen LogP contribution in [0.1, 0.15) is 24.8 Å². The van der Waals surface area contributed by atoms with E-state index in [0.29, 0.717) is 12.5 Å². The van der Waals surface area contributed by atoms with Crippen molar-refractivity contribution in [3.8, 4) is 11.3 Å². The molecule has 1 heterocycles. The number of aliphatic imine (C=N–C) groups is 1. The summed E-state index contributed by atoms with van der Waals surface area (Å²) in [5.74, 6) is 1.32. The van der Waals surface area contributed by atoms with E-state index in [1.165, 1.54) is 19.3 Å². The van der Waals surface area contributed by atoms with E-state index >= 15 is 0 Å². The van der Waals surface area contributed by atoms with Crippen LogP contribution < -0.4 is 11.1 Å². The Bertz CT molecular complexity index is 633. The molecule has 0 unspecified atom stereocenters. The zero-order valence-corrected chi connectivity index (χ0v) is 12.7. The molecule has 2 aromatic rings. The van der Waals surface area contributed by atoms with Crippen LogP contribution in [0.3, 0.4) is 0 Å². The highest BCUT2D eigenvalue weighted by Crippen LogP contribution is 2.25. The zero-order chi connectivity index (χ0) is 15.2. The van der Waals surface area contributed by atoms with Crippen LogP contribution in [0, 0.1) is 5.92 Å². The predicted octanol–water partition coefficient (Wildman–Crippen LogP) is 2.95. The van der Waals surface area contributed by atoms with Crippen molar-refractivity contribution >= 4 is 5.96 Å². The normalized spacial score (nSPS) is 15.4. The number of benzene rings is 1. The molecule has 0 radical (unpaired) electrons. The maximum Gasteiger partial charge on any atom is 0.188 e. The van der Waals surface area contributed by atoms with Crippen molar-refractivity contribution in [1.82, 2.24) is 10.3 Å². The lowest BCUT2D eigenvalue weighted by Crippen LogP contribution is -2.37. The molecular weight excluding hydrogens is 272 g/mol. The van der Waals surface area contributed by atoms with Gasteiger partial charge >= 0.3 is 0 Å². The molecule has 0 saturated heterocycles. The lowest BCUT2D eigenvalue weighted by Gasteiger charge is -2.25. The van der Waals surface area contributed by atoms with Crippen molar-refractivity contribution in [2.75, 3.05) is 6.54 Å². The molecule has 4 heteroatoms. The molecule has 1 aromatic carbocycles. The first-order chi connectivity index (χ1) is 10.8. The first kappa shape index (κ1) is 14.6. The van der Waals surface area contributed by atoms with E-state index in [-0.39, 0.29) is 0 Å². The molecule has 1 aliphatic carbocycles. The number of nitrogens with zero attached hydrogens (tertiary/aromatic N) is 2. The van der Waals surface area contributed by atoms with E-state index in [1.807, 2.05) is 30.5 Å². The summed E-state index contributed by atoms with van der Waals surface area (Å²) < 4.78 is 0. The van der Waals surface area contributed by atoms with Crippen LogP contribution in [0.15, 0.2) is 53.7 Å². The van der Waals surface area contributed by atoms with Crippen molar-refractivity contribution in [1.29, 1.82) is 0 Å². The Morgan fingerprint density at radius 1 is 1.23 bits per heavy atom. The average molecular weight is 294 g/mol. The highest BCUT2D eigenvalue weighted by atomic mass is 15.1. The molecule has 1 aromatic heterocycles. The molecule has 1 saturated carbocycles. The van der Waals surface area contributed by atoms with Gasteiger partial charge < -0.3 is 11.1 Å². The number of rotatable bonds is 5. The Morgan fingerprint density at radius 3 is 2.86 bits per heavy atom. The number of hydrogen-bond acceptors (Lipinski definition) is 2. The third-order valence-electron chi connectivity index (χ3n) is 4.12. The number of nitrogens with two attached hydrogens (primary N) is 1. The Balaban J connectivity index is 1.60. The minimum absolute atomic E-state index is 0.537. The number of pyridine rings is 1. The van der Waals surface area contributed by atoms with Gasteiger partial charge in [-0.25, -0.2) is 4.99 Å². The van der Waals surface area contributed by atoms with Gasteiger partial charge in [0.05, 0.1) is 12.2 Å². The van der Waals surface area contributed by atoms with Crippen LogP contribution in [0.25, 0.3) is 11.3 Å². The molecule has 0 spiro atoms. The smallest absolute Gasteiger partial charge is 0.188 e. The van der Waals surface area contributed by atoms with Gasteiger partial charge in [-0.1, -0.05) is 30.7 Å². The number of hydrogen-bond donors (Lipinski definition) is 2. The van der Waals surface area contributed by atoms with E-state index < -0.39 is 0 Å². The minimum Gasteiger partial charge on any atom is -0.370 e. The SMILES string of the molecule is NC(=NCc1cccc(-c2ccccn2)c1)NCC1CCC1. The van der Waals surface area contributed by atoms with Crippen molar-refractivity contribution < 1.29 is 0 Å². The maximum atomic E-state index is 5.92. The highest BCUT2D eigenvalue weighted by Gasteiger charge is 2.16. The summed E-state index contributed by atoms with van der Waals surface area (Å²) in [6, 6.07) is 14.2. The topological polar surface area (TPSA) is 63.3 Å².